The van der Waals surface area contributed by atoms with Gasteiger partial charge in [0, 0.05) is 18.3 Å². The van der Waals surface area contributed by atoms with Crippen LogP contribution in [-0.4, -0.2) is 36.1 Å². The van der Waals surface area contributed by atoms with Gasteiger partial charge in [-0.1, -0.05) is 0 Å². The minimum atomic E-state index is -2.52. The van der Waals surface area contributed by atoms with Crippen molar-refractivity contribution in [3.8, 4) is 0 Å². The predicted octanol–water partition coefficient (Wildman–Crippen LogP) is 1.99. The van der Waals surface area contributed by atoms with Crippen LogP contribution in [0.3, 0.4) is 0 Å². The van der Waals surface area contributed by atoms with Crippen molar-refractivity contribution in [3.63, 3.8) is 0 Å². The summed E-state index contributed by atoms with van der Waals surface area (Å²) in [4.78, 5) is 14.1. The number of nitrogens with one attached hydrogen (secondary N) is 1. The number of aromatic nitrogens is 1. The zero-order chi connectivity index (χ0) is 13.5. The van der Waals surface area contributed by atoms with Gasteiger partial charge >= 0.3 is 5.69 Å². The summed E-state index contributed by atoms with van der Waals surface area (Å²) < 4.78 is 28.2. The number of pyridine rings is 1. The van der Waals surface area contributed by atoms with E-state index in [1.54, 1.807) is 6.92 Å². The van der Waals surface area contributed by atoms with Gasteiger partial charge in [0.05, 0.1) is 11.5 Å². The molecule has 0 aliphatic rings. The van der Waals surface area contributed by atoms with Crippen LogP contribution in [0.5, 0.6) is 0 Å². The van der Waals surface area contributed by atoms with Crippen molar-refractivity contribution in [1.82, 2.24) is 4.98 Å². The lowest BCUT2D eigenvalue weighted by atomic mass is 10.3. The molecular formula is C10H13F2N3O3. The highest BCUT2D eigenvalue weighted by atomic mass is 19.3. The topological polar surface area (TPSA) is 77.3 Å². The van der Waals surface area contributed by atoms with E-state index in [4.69, 9.17) is 0 Å². The van der Waals surface area contributed by atoms with E-state index in [9.17, 15) is 18.9 Å². The minimum Gasteiger partial charge on any atom is -0.374 e. The van der Waals surface area contributed by atoms with Crippen LogP contribution in [0, 0.1) is 17.0 Å². The molecule has 0 aliphatic carbocycles. The number of rotatable bonds is 7. The minimum absolute atomic E-state index is 0.0249. The fraction of sp³-hybridized carbons (Fsp3) is 0.500. The van der Waals surface area contributed by atoms with Gasteiger partial charge in [-0.25, -0.2) is 13.8 Å². The third kappa shape index (κ3) is 4.58. The lowest BCUT2D eigenvalue weighted by Gasteiger charge is -2.07. The van der Waals surface area contributed by atoms with E-state index in [-0.39, 0.29) is 24.7 Å². The van der Waals surface area contributed by atoms with E-state index in [1.807, 2.05) is 0 Å². The molecule has 1 heterocycles. The van der Waals surface area contributed by atoms with Gasteiger partial charge in [0.1, 0.15) is 6.61 Å². The SMILES string of the molecule is Cc1ccc([N+](=O)[O-])c(NCCOCC(F)F)n1. The van der Waals surface area contributed by atoms with Gasteiger partial charge < -0.3 is 10.1 Å². The first-order valence-corrected chi connectivity index (χ1v) is 5.22. The first kappa shape index (κ1) is 14.2. The Kier molecular flexibility index (Phi) is 5.37. The molecule has 0 saturated heterocycles. The molecule has 0 amide bonds. The van der Waals surface area contributed by atoms with Crippen molar-refractivity contribution in [2.45, 2.75) is 13.3 Å². The van der Waals surface area contributed by atoms with E-state index < -0.39 is 18.0 Å². The number of alkyl halides is 2. The number of halogens is 2. The smallest absolute Gasteiger partial charge is 0.311 e. The lowest BCUT2D eigenvalue weighted by molar-refractivity contribution is -0.384. The van der Waals surface area contributed by atoms with Gasteiger partial charge in [-0.15, -0.1) is 0 Å². The summed E-state index contributed by atoms with van der Waals surface area (Å²) in [5.74, 6) is 0.112. The second-order valence-corrected chi connectivity index (χ2v) is 3.47. The Hall–Kier alpha value is -1.83. The summed E-state index contributed by atoms with van der Waals surface area (Å²) >= 11 is 0. The van der Waals surface area contributed by atoms with E-state index >= 15 is 0 Å². The van der Waals surface area contributed by atoms with Crippen LogP contribution in [0.15, 0.2) is 12.1 Å². The third-order valence-corrected chi connectivity index (χ3v) is 1.99. The van der Waals surface area contributed by atoms with E-state index in [0.717, 1.165) is 0 Å². The van der Waals surface area contributed by atoms with Gasteiger partial charge in [-0.05, 0) is 13.0 Å². The highest BCUT2D eigenvalue weighted by Gasteiger charge is 2.14. The normalized spacial score (nSPS) is 10.7. The first-order valence-electron chi connectivity index (χ1n) is 5.22. The highest BCUT2D eigenvalue weighted by Crippen LogP contribution is 2.21. The summed E-state index contributed by atoms with van der Waals surface area (Å²) in [5.41, 5.74) is 0.464. The van der Waals surface area contributed by atoms with Crippen molar-refractivity contribution >= 4 is 11.5 Å². The summed E-state index contributed by atoms with van der Waals surface area (Å²) in [6, 6.07) is 2.86. The lowest BCUT2D eigenvalue weighted by Crippen LogP contribution is -2.14. The maximum atomic E-state index is 11.8. The maximum absolute atomic E-state index is 11.8. The van der Waals surface area contributed by atoms with Crippen molar-refractivity contribution < 1.29 is 18.4 Å². The van der Waals surface area contributed by atoms with Crippen LogP contribution in [0.4, 0.5) is 20.3 Å². The Balaban J connectivity index is 2.50. The molecule has 0 fully saturated rings. The second-order valence-electron chi connectivity index (χ2n) is 3.47. The van der Waals surface area contributed by atoms with Crippen molar-refractivity contribution in [2.75, 3.05) is 25.1 Å². The summed E-state index contributed by atoms with van der Waals surface area (Å²) in [5, 5.41) is 13.4. The van der Waals surface area contributed by atoms with Crippen LogP contribution >= 0.6 is 0 Å². The number of aryl methyl sites for hydroxylation is 1. The third-order valence-electron chi connectivity index (χ3n) is 1.99. The van der Waals surface area contributed by atoms with E-state index in [1.165, 1.54) is 12.1 Å². The van der Waals surface area contributed by atoms with Crippen LogP contribution in [-0.2, 0) is 4.74 Å². The van der Waals surface area contributed by atoms with Gasteiger partial charge in [0.15, 0.2) is 0 Å². The number of nitrogens with zero attached hydrogens (tertiary/aromatic N) is 2. The maximum Gasteiger partial charge on any atom is 0.311 e. The predicted molar refractivity (Wildman–Crippen MR) is 60.9 cm³/mol. The van der Waals surface area contributed by atoms with Gasteiger partial charge in [0.2, 0.25) is 5.82 Å². The molecule has 0 aliphatic heterocycles. The molecule has 0 radical (unpaired) electrons. The molecule has 8 heteroatoms. The van der Waals surface area contributed by atoms with E-state index in [0.29, 0.717) is 5.69 Å². The monoisotopic (exact) mass is 261 g/mol. The van der Waals surface area contributed by atoms with Gasteiger partial charge in [-0.3, -0.25) is 10.1 Å². The van der Waals surface area contributed by atoms with Crippen LogP contribution < -0.4 is 5.32 Å². The Morgan fingerprint density at radius 3 is 2.89 bits per heavy atom. The molecule has 0 bridgehead atoms. The Bertz CT molecular complexity index is 415. The number of nitro groups is 1. The van der Waals surface area contributed by atoms with Gasteiger partial charge in [-0.2, -0.15) is 0 Å². The summed E-state index contributed by atoms with van der Waals surface area (Å²) in [6.45, 7) is 1.24. The molecule has 1 aromatic heterocycles. The average molecular weight is 261 g/mol. The number of ether oxygens (including phenoxy) is 1. The molecule has 6 nitrogen and oxygen atoms in total. The Labute approximate surface area is 102 Å². The summed E-state index contributed by atoms with van der Waals surface area (Å²) in [7, 11) is 0. The molecule has 1 aromatic rings. The fourth-order valence-electron chi connectivity index (χ4n) is 1.24. The van der Waals surface area contributed by atoms with Gasteiger partial charge in [0.25, 0.3) is 6.43 Å². The number of anilines is 1. The van der Waals surface area contributed by atoms with Crippen LogP contribution in [0.1, 0.15) is 5.69 Å². The van der Waals surface area contributed by atoms with Crippen LogP contribution in [0.25, 0.3) is 0 Å². The molecule has 0 aromatic carbocycles. The Morgan fingerprint density at radius 2 is 2.28 bits per heavy atom. The molecule has 1 rings (SSSR count). The van der Waals surface area contributed by atoms with Crippen LogP contribution in [0.2, 0.25) is 0 Å². The van der Waals surface area contributed by atoms with Crippen molar-refractivity contribution in [2.24, 2.45) is 0 Å². The first-order chi connectivity index (χ1) is 8.50. The molecule has 0 unspecified atom stereocenters. The molecule has 100 valence electrons. The molecule has 1 N–H and O–H groups in total. The molecule has 0 saturated carbocycles. The van der Waals surface area contributed by atoms with E-state index in [2.05, 4.69) is 15.0 Å². The zero-order valence-electron chi connectivity index (χ0n) is 9.73. The molecular weight excluding hydrogens is 248 g/mol. The standard InChI is InChI=1S/C10H13F2N3O3/c1-7-2-3-8(15(16)17)10(14-7)13-4-5-18-6-9(11)12/h2-3,9H,4-6H2,1H3,(H,13,14). The second kappa shape index (κ2) is 6.80. The largest absolute Gasteiger partial charge is 0.374 e. The quantitative estimate of drug-likeness (QED) is 0.461. The summed E-state index contributed by atoms with van der Waals surface area (Å²) in [6.07, 6.45) is -2.52. The number of hydrogen-bond acceptors (Lipinski definition) is 5. The fourth-order valence-corrected chi connectivity index (χ4v) is 1.24. The van der Waals surface area contributed by atoms with Crippen molar-refractivity contribution in [1.29, 1.82) is 0 Å². The number of hydrogen-bond donors (Lipinski definition) is 1. The average Bonchev–Trinajstić information content (AvgIpc) is 2.27. The van der Waals surface area contributed by atoms with Crippen molar-refractivity contribution in [3.05, 3.63) is 27.9 Å². The zero-order valence-corrected chi connectivity index (χ0v) is 9.73. The molecule has 0 atom stereocenters. The Morgan fingerprint density at radius 1 is 1.56 bits per heavy atom. The highest BCUT2D eigenvalue weighted by molar-refractivity contribution is 5.55. The molecule has 18 heavy (non-hydrogen) atoms. The molecule has 0 spiro atoms.